The van der Waals surface area contributed by atoms with E-state index in [2.05, 4.69) is 0 Å². The summed E-state index contributed by atoms with van der Waals surface area (Å²) >= 11 is 0. The first kappa shape index (κ1) is 14.9. The van der Waals surface area contributed by atoms with Crippen molar-refractivity contribution in [3.05, 3.63) is 30.3 Å². The molecule has 0 saturated carbocycles. The molecule has 110 valence electrons. The van der Waals surface area contributed by atoms with Gasteiger partial charge in [0.25, 0.3) is 0 Å². The van der Waals surface area contributed by atoms with Gasteiger partial charge < -0.3 is 10.6 Å². The van der Waals surface area contributed by atoms with Crippen molar-refractivity contribution in [2.45, 2.75) is 32.1 Å². The van der Waals surface area contributed by atoms with E-state index in [1.165, 1.54) is 12.8 Å². The summed E-state index contributed by atoms with van der Waals surface area (Å²) < 4.78 is 0. The molecule has 1 aliphatic heterocycles. The number of hydrogen-bond donors (Lipinski definition) is 1. The van der Waals surface area contributed by atoms with Crippen LogP contribution in [0.5, 0.6) is 0 Å². The van der Waals surface area contributed by atoms with Crippen molar-refractivity contribution in [3.63, 3.8) is 0 Å². The summed E-state index contributed by atoms with van der Waals surface area (Å²) in [6.45, 7) is 3.06. The molecule has 2 amide bonds. The number of anilines is 1. The van der Waals surface area contributed by atoms with E-state index in [9.17, 15) is 4.79 Å². The fourth-order valence-corrected chi connectivity index (χ4v) is 2.63. The van der Waals surface area contributed by atoms with Crippen LogP contribution in [0.2, 0.25) is 0 Å². The van der Waals surface area contributed by atoms with Crippen LogP contribution in [-0.2, 0) is 0 Å². The van der Waals surface area contributed by atoms with Crippen molar-refractivity contribution in [2.24, 2.45) is 5.73 Å². The van der Waals surface area contributed by atoms with Gasteiger partial charge in [-0.25, -0.2) is 4.79 Å². The summed E-state index contributed by atoms with van der Waals surface area (Å²) in [7, 11) is 0. The fraction of sp³-hybridized carbons (Fsp3) is 0.562. The molecule has 1 heterocycles. The first-order valence-corrected chi connectivity index (χ1v) is 7.64. The lowest BCUT2D eigenvalue weighted by Crippen LogP contribution is -2.44. The Kier molecular flexibility index (Phi) is 5.87. The predicted molar refractivity (Wildman–Crippen MR) is 82.9 cm³/mol. The third-order valence-electron chi connectivity index (χ3n) is 3.76. The molecular formula is C16H25N3O. The highest BCUT2D eigenvalue weighted by Crippen LogP contribution is 2.18. The highest BCUT2D eigenvalue weighted by atomic mass is 16.2. The van der Waals surface area contributed by atoms with E-state index in [4.69, 9.17) is 5.73 Å². The summed E-state index contributed by atoms with van der Waals surface area (Å²) in [5.74, 6) is 0. The van der Waals surface area contributed by atoms with Crippen molar-refractivity contribution < 1.29 is 4.79 Å². The highest BCUT2D eigenvalue weighted by molar-refractivity contribution is 5.92. The molecule has 0 bridgehead atoms. The fourth-order valence-electron chi connectivity index (χ4n) is 2.63. The molecule has 2 rings (SSSR count). The molecule has 0 aromatic heterocycles. The minimum Gasteiger partial charge on any atom is -0.330 e. The van der Waals surface area contributed by atoms with Crippen LogP contribution in [-0.4, -0.2) is 37.1 Å². The molecular weight excluding hydrogens is 250 g/mol. The van der Waals surface area contributed by atoms with E-state index in [1.807, 2.05) is 40.1 Å². The van der Waals surface area contributed by atoms with E-state index in [0.717, 1.165) is 38.0 Å². The molecule has 1 aromatic rings. The molecule has 1 aliphatic rings. The lowest BCUT2D eigenvalue weighted by Gasteiger charge is -2.30. The van der Waals surface area contributed by atoms with Crippen LogP contribution >= 0.6 is 0 Å². The van der Waals surface area contributed by atoms with Crippen LogP contribution in [0.4, 0.5) is 10.5 Å². The van der Waals surface area contributed by atoms with Crippen LogP contribution in [0, 0.1) is 0 Å². The zero-order chi connectivity index (χ0) is 14.2. The Labute approximate surface area is 121 Å². The quantitative estimate of drug-likeness (QED) is 0.918. The van der Waals surface area contributed by atoms with Crippen molar-refractivity contribution in [1.29, 1.82) is 0 Å². The topological polar surface area (TPSA) is 49.6 Å². The second-order valence-corrected chi connectivity index (χ2v) is 5.31. The van der Waals surface area contributed by atoms with Gasteiger partial charge in [-0.3, -0.25) is 4.90 Å². The SMILES string of the molecule is NCCCN(C(=O)N1CCCCCC1)c1ccccc1. The van der Waals surface area contributed by atoms with E-state index >= 15 is 0 Å². The number of rotatable bonds is 4. The third-order valence-corrected chi connectivity index (χ3v) is 3.76. The Bertz CT molecular complexity index is 399. The number of likely N-dealkylation sites (tertiary alicyclic amines) is 1. The van der Waals surface area contributed by atoms with Crippen molar-refractivity contribution >= 4 is 11.7 Å². The average molecular weight is 275 g/mol. The van der Waals surface area contributed by atoms with Gasteiger partial charge in [0.15, 0.2) is 0 Å². The van der Waals surface area contributed by atoms with E-state index in [0.29, 0.717) is 13.1 Å². The van der Waals surface area contributed by atoms with Crippen molar-refractivity contribution in [2.75, 3.05) is 31.1 Å². The zero-order valence-electron chi connectivity index (χ0n) is 12.1. The minimum absolute atomic E-state index is 0.131. The number of nitrogens with zero attached hydrogens (tertiary/aromatic N) is 2. The van der Waals surface area contributed by atoms with Gasteiger partial charge >= 0.3 is 6.03 Å². The summed E-state index contributed by atoms with van der Waals surface area (Å²) in [5, 5.41) is 0. The van der Waals surface area contributed by atoms with Gasteiger partial charge in [0.1, 0.15) is 0 Å². The molecule has 1 fully saturated rings. The van der Waals surface area contributed by atoms with Gasteiger partial charge in [0.05, 0.1) is 0 Å². The number of urea groups is 1. The Morgan fingerprint density at radius 1 is 1.10 bits per heavy atom. The second kappa shape index (κ2) is 7.90. The van der Waals surface area contributed by atoms with Gasteiger partial charge in [-0.15, -0.1) is 0 Å². The second-order valence-electron chi connectivity index (χ2n) is 5.31. The number of carbonyl (C=O) groups is 1. The van der Waals surface area contributed by atoms with Gasteiger partial charge in [0.2, 0.25) is 0 Å². The molecule has 1 saturated heterocycles. The number of amides is 2. The number of hydrogen-bond acceptors (Lipinski definition) is 2. The van der Waals surface area contributed by atoms with E-state index in [1.54, 1.807) is 0 Å². The van der Waals surface area contributed by atoms with Gasteiger partial charge in [0, 0.05) is 25.3 Å². The molecule has 2 N–H and O–H groups in total. The van der Waals surface area contributed by atoms with Crippen LogP contribution in [0.3, 0.4) is 0 Å². The predicted octanol–water partition coefficient (Wildman–Crippen LogP) is 2.84. The Balaban J connectivity index is 2.10. The molecule has 4 nitrogen and oxygen atoms in total. The monoisotopic (exact) mass is 275 g/mol. The molecule has 0 unspecified atom stereocenters. The lowest BCUT2D eigenvalue weighted by atomic mass is 10.2. The van der Waals surface area contributed by atoms with E-state index < -0.39 is 0 Å². The first-order chi connectivity index (χ1) is 9.83. The van der Waals surface area contributed by atoms with Gasteiger partial charge in [-0.1, -0.05) is 31.0 Å². The molecule has 0 radical (unpaired) electrons. The van der Waals surface area contributed by atoms with Crippen LogP contribution in [0.25, 0.3) is 0 Å². The molecule has 1 aromatic carbocycles. The molecule has 20 heavy (non-hydrogen) atoms. The number of nitrogens with two attached hydrogens (primary N) is 1. The maximum atomic E-state index is 12.8. The average Bonchev–Trinajstić information content (AvgIpc) is 2.77. The standard InChI is InChI=1S/C16H25N3O/c17-11-8-14-19(15-9-4-3-5-10-15)16(20)18-12-6-1-2-7-13-18/h3-5,9-10H,1-2,6-8,11-14,17H2. The summed E-state index contributed by atoms with van der Waals surface area (Å²) in [5.41, 5.74) is 6.57. The number of para-hydroxylation sites is 1. The third kappa shape index (κ3) is 3.97. The van der Waals surface area contributed by atoms with Gasteiger partial charge in [-0.2, -0.15) is 0 Å². The molecule has 4 heteroatoms. The van der Waals surface area contributed by atoms with Crippen LogP contribution in [0.15, 0.2) is 30.3 Å². The maximum Gasteiger partial charge on any atom is 0.324 e. The van der Waals surface area contributed by atoms with Crippen molar-refractivity contribution in [3.8, 4) is 0 Å². The Hall–Kier alpha value is -1.55. The molecule has 0 atom stereocenters. The largest absolute Gasteiger partial charge is 0.330 e. The van der Waals surface area contributed by atoms with Crippen LogP contribution in [0.1, 0.15) is 32.1 Å². The molecule has 0 aliphatic carbocycles. The van der Waals surface area contributed by atoms with Crippen molar-refractivity contribution in [1.82, 2.24) is 4.90 Å². The zero-order valence-corrected chi connectivity index (χ0v) is 12.1. The number of benzene rings is 1. The normalized spacial score (nSPS) is 15.8. The smallest absolute Gasteiger partial charge is 0.324 e. The van der Waals surface area contributed by atoms with E-state index in [-0.39, 0.29) is 6.03 Å². The number of carbonyl (C=O) groups excluding carboxylic acids is 1. The molecule has 0 spiro atoms. The summed E-state index contributed by atoms with van der Waals surface area (Å²) in [6.07, 6.45) is 5.53. The highest BCUT2D eigenvalue weighted by Gasteiger charge is 2.22. The lowest BCUT2D eigenvalue weighted by molar-refractivity contribution is 0.206. The Morgan fingerprint density at radius 2 is 1.75 bits per heavy atom. The Morgan fingerprint density at radius 3 is 2.35 bits per heavy atom. The summed E-state index contributed by atoms with van der Waals surface area (Å²) in [4.78, 5) is 16.6. The van der Waals surface area contributed by atoms with Gasteiger partial charge in [-0.05, 0) is 37.9 Å². The summed E-state index contributed by atoms with van der Waals surface area (Å²) in [6, 6.07) is 10.0. The first-order valence-electron chi connectivity index (χ1n) is 7.64. The maximum absolute atomic E-state index is 12.8. The van der Waals surface area contributed by atoms with Crippen LogP contribution < -0.4 is 10.6 Å². The minimum atomic E-state index is 0.131.